The molecule has 110 valence electrons. The Bertz CT molecular complexity index is 664. The molecule has 1 heterocycles. The summed E-state index contributed by atoms with van der Waals surface area (Å²) in [6.45, 7) is 0.655. The molecule has 0 bridgehead atoms. The Morgan fingerprint density at radius 1 is 1.38 bits per heavy atom. The molecule has 1 aliphatic rings. The number of carbonyl (C=O) groups is 2. The molecular weight excluding hydrogens is 288 g/mol. The summed E-state index contributed by atoms with van der Waals surface area (Å²) in [4.78, 5) is 27.4. The summed E-state index contributed by atoms with van der Waals surface area (Å²) >= 11 is 1.56. The van der Waals surface area contributed by atoms with Crippen LogP contribution in [0.5, 0.6) is 0 Å². The molecule has 6 heteroatoms. The summed E-state index contributed by atoms with van der Waals surface area (Å²) in [7, 11) is 0. The van der Waals surface area contributed by atoms with Gasteiger partial charge in [0.05, 0.1) is 15.7 Å². The van der Waals surface area contributed by atoms with Gasteiger partial charge < -0.3 is 10.1 Å². The van der Waals surface area contributed by atoms with Crippen LogP contribution in [-0.4, -0.2) is 23.4 Å². The van der Waals surface area contributed by atoms with Crippen LogP contribution in [0.4, 0.5) is 0 Å². The molecule has 1 aromatic carbocycles. The molecule has 1 aliphatic carbocycles. The highest BCUT2D eigenvalue weighted by molar-refractivity contribution is 7.16. The Labute approximate surface area is 126 Å². The van der Waals surface area contributed by atoms with Crippen molar-refractivity contribution < 1.29 is 14.3 Å². The van der Waals surface area contributed by atoms with Gasteiger partial charge in [0, 0.05) is 6.54 Å². The van der Waals surface area contributed by atoms with Gasteiger partial charge in [-0.15, -0.1) is 11.3 Å². The summed E-state index contributed by atoms with van der Waals surface area (Å²) in [6, 6.07) is 5.68. The summed E-state index contributed by atoms with van der Waals surface area (Å²) in [5, 5.41) is 2.62. The molecule has 0 radical (unpaired) electrons. The molecule has 1 saturated carbocycles. The van der Waals surface area contributed by atoms with Crippen LogP contribution in [0.3, 0.4) is 0 Å². The van der Waals surface area contributed by atoms with Crippen LogP contribution in [-0.2, 0) is 20.9 Å². The number of carbonyl (C=O) groups excluding carboxylic acids is 2. The maximum absolute atomic E-state index is 11.6. The lowest BCUT2D eigenvalue weighted by Crippen LogP contribution is -2.37. The summed E-state index contributed by atoms with van der Waals surface area (Å²) in [5.74, 6) is -0.960. The summed E-state index contributed by atoms with van der Waals surface area (Å²) in [5.41, 5.74) is 3.48. The highest BCUT2D eigenvalue weighted by Gasteiger charge is 2.21. The Morgan fingerprint density at radius 2 is 2.24 bits per heavy atom. The lowest BCUT2D eigenvalue weighted by atomic mass is 9.85. The second kappa shape index (κ2) is 6.22. The molecule has 0 aliphatic heterocycles. The molecule has 3 rings (SSSR count). The second-order valence-electron chi connectivity index (χ2n) is 5.24. The Morgan fingerprint density at radius 3 is 3.00 bits per heavy atom. The first-order valence-electron chi connectivity index (χ1n) is 6.99. The first-order valence-corrected chi connectivity index (χ1v) is 7.87. The molecule has 1 aromatic heterocycles. The predicted octanol–water partition coefficient (Wildman–Crippen LogP) is 2.26. The molecule has 1 N–H and O–H groups in total. The van der Waals surface area contributed by atoms with Crippen molar-refractivity contribution in [2.75, 3.05) is 6.54 Å². The number of ether oxygens (including phenoxy) is 1. The highest BCUT2D eigenvalue weighted by atomic mass is 32.1. The molecule has 1 fully saturated rings. The van der Waals surface area contributed by atoms with Crippen molar-refractivity contribution in [3.05, 3.63) is 29.3 Å². The van der Waals surface area contributed by atoms with E-state index in [9.17, 15) is 9.59 Å². The molecule has 0 unspecified atom stereocenters. The molecule has 0 spiro atoms. The van der Waals surface area contributed by atoms with E-state index in [1.54, 1.807) is 16.8 Å². The smallest absolute Gasteiger partial charge is 0.397 e. The van der Waals surface area contributed by atoms with Crippen molar-refractivity contribution in [1.29, 1.82) is 0 Å². The fraction of sp³-hybridized carbons (Fsp3) is 0.400. The van der Waals surface area contributed by atoms with Crippen LogP contribution >= 0.6 is 11.3 Å². The van der Waals surface area contributed by atoms with E-state index in [1.165, 1.54) is 6.42 Å². The van der Waals surface area contributed by atoms with Crippen LogP contribution in [0.2, 0.25) is 0 Å². The predicted molar refractivity (Wildman–Crippen MR) is 79.8 cm³/mol. The van der Waals surface area contributed by atoms with Gasteiger partial charge in [-0.1, -0.05) is 12.5 Å². The topological polar surface area (TPSA) is 68.3 Å². The number of nitrogens with zero attached hydrogens (tertiary/aromatic N) is 1. The van der Waals surface area contributed by atoms with Gasteiger partial charge in [-0.05, 0) is 36.5 Å². The quantitative estimate of drug-likeness (QED) is 0.695. The van der Waals surface area contributed by atoms with Crippen molar-refractivity contribution >= 4 is 33.4 Å². The maximum Gasteiger partial charge on any atom is 0.397 e. The number of aromatic nitrogens is 1. The van der Waals surface area contributed by atoms with E-state index in [-0.39, 0.29) is 6.61 Å². The van der Waals surface area contributed by atoms with E-state index >= 15 is 0 Å². The van der Waals surface area contributed by atoms with Gasteiger partial charge in [0.25, 0.3) is 0 Å². The third-order valence-electron chi connectivity index (χ3n) is 3.73. The van der Waals surface area contributed by atoms with Crippen molar-refractivity contribution in [3.8, 4) is 0 Å². The number of esters is 1. The number of nitrogens with one attached hydrogen (secondary N) is 1. The lowest BCUT2D eigenvalue weighted by molar-refractivity contribution is -0.156. The van der Waals surface area contributed by atoms with Gasteiger partial charge in [0.1, 0.15) is 6.61 Å². The van der Waals surface area contributed by atoms with Crippen LogP contribution in [0, 0.1) is 5.92 Å². The minimum Gasteiger partial charge on any atom is -0.454 e. The average Bonchev–Trinajstić information content (AvgIpc) is 2.90. The molecule has 5 nitrogen and oxygen atoms in total. The van der Waals surface area contributed by atoms with E-state index in [0.717, 1.165) is 28.6 Å². The van der Waals surface area contributed by atoms with Crippen molar-refractivity contribution in [1.82, 2.24) is 10.3 Å². The summed E-state index contributed by atoms with van der Waals surface area (Å²) in [6.07, 6.45) is 3.47. The van der Waals surface area contributed by atoms with Crippen molar-refractivity contribution in [2.45, 2.75) is 25.9 Å². The fourth-order valence-corrected chi connectivity index (χ4v) is 2.87. The standard InChI is InChI=1S/C15H16N2O3S/c18-14(16-7-10-2-1-3-10)15(19)20-8-11-4-5-13-12(6-11)17-9-21-13/h4-6,9-10H,1-3,7-8H2,(H,16,18). The van der Waals surface area contributed by atoms with Gasteiger partial charge in [-0.2, -0.15) is 0 Å². The SMILES string of the molecule is O=C(NCC1CCC1)C(=O)OCc1ccc2scnc2c1. The van der Waals surface area contributed by atoms with Gasteiger partial charge in [0.2, 0.25) is 0 Å². The number of rotatable bonds is 4. The molecule has 2 aromatic rings. The highest BCUT2D eigenvalue weighted by Crippen LogP contribution is 2.25. The molecular formula is C15H16N2O3S. The normalized spacial score (nSPS) is 14.7. The number of hydrogen-bond donors (Lipinski definition) is 1. The van der Waals surface area contributed by atoms with Crippen LogP contribution in [0.15, 0.2) is 23.7 Å². The summed E-state index contributed by atoms with van der Waals surface area (Å²) < 4.78 is 6.11. The van der Waals surface area contributed by atoms with Crippen LogP contribution < -0.4 is 5.32 Å². The first-order chi connectivity index (χ1) is 10.2. The van der Waals surface area contributed by atoms with E-state index in [1.807, 2.05) is 18.2 Å². The molecule has 1 amide bonds. The number of amides is 1. The monoisotopic (exact) mass is 304 g/mol. The Balaban J connectivity index is 1.48. The van der Waals surface area contributed by atoms with Crippen molar-refractivity contribution in [2.24, 2.45) is 5.92 Å². The third kappa shape index (κ3) is 3.39. The second-order valence-corrected chi connectivity index (χ2v) is 6.12. The molecule has 21 heavy (non-hydrogen) atoms. The largest absolute Gasteiger partial charge is 0.454 e. The lowest BCUT2D eigenvalue weighted by Gasteiger charge is -2.24. The average molecular weight is 304 g/mol. The maximum atomic E-state index is 11.6. The van der Waals surface area contributed by atoms with E-state index in [0.29, 0.717) is 12.5 Å². The van der Waals surface area contributed by atoms with Crippen molar-refractivity contribution in [3.63, 3.8) is 0 Å². The Hall–Kier alpha value is -1.95. The first kappa shape index (κ1) is 14.0. The van der Waals surface area contributed by atoms with Gasteiger partial charge in [0.15, 0.2) is 0 Å². The number of thiazole rings is 1. The zero-order valence-corrected chi connectivity index (χ0v) is 12.3. The zero-order valence-electron chi connectivity index (χ0n) is 11.5. The fourth-order valence-electron chi connectivity index (χ4n) is 2.21. The van der Waals surface area contributed by atoms with E-state index in [4.69, 9.17) is 4.74 Å². The van der Waals surface area contributed by atoms with E-state index in [2.05, 4.69) is 10.3 Å². The molecule has 0 atom stereocenters. The minimum absolute atomic E-state index is 0.0865. The zero-order chi connectivity index (χ0) is 14.7. The minimum atomic E-state index is -0.826. The van der Waals surface area contributed by atoms with Crippen LogP contribution in [0.1, 0.15) is 24.8 Å². The number of fused-ring (bicyclic) bond motifs is 1. The number of hydrogen-bond acceptors (Lipinski definition) is 5. The Kier molecular flexibility index (Phi) is 4.15. The van der Waals surface area contributed by atoms with Gasteiger partial charge in [-0.25, -0.2) is 9.78 Å². The molecule has 0 saturated heterocycles. The van der Waals surface area contributed by atoms with E-state index < -0.39 is 11.9 Å². The number of benzene rings is 1. The third-order valence-corrected chi connectivity index (χ3v) is 4.54. The van der Waals surface area contributed by atoms with Gasteiger partial charge >= 0.3 is 11.9 Å². The van der Waals surface area contributed by atoms with Gasteiger partial charge in [-0.3, -0.25) is 4.79 Å². The van der Waals surface area contributed by atoms with Crippen LogP contribution in [0.25, 0.3) is 10.2 Å².